The number of benzene rings is 3. The Morgan fingerprint density at radius 3 is 2.17 bits per heavy atom. The monoisotopic (exact) mass is 491 g/mol. The van der Waals surface area contributed by atoms with Crippen LogP contribution in [0.3, 0.4) is 0 Å². The number of piperazine rings is 1. The number of ether oxygens (including phenoxy) is 4. The number of halogens is 1. The van der Waals surface area contributed by atoms with Gasteiger partial charge in [0.15, 0.2) is 23.0 Å². The molecule has 9 heteroatoms. The van der Waals surface area contributed by atoms with Gasteiger partial charge in [0.1, 0.15) is 5.82 Å². The van der Waals surface area contributed by atoms with E-state index in [-0.39, 0.29) is 31.4 Å². The molecule has 186 valence electrons. The van der Waals surface area contributed by atoms with Crippen molar-refractivity contribution in [1.82, 2.24) is 10.2 Å². The molecule has 0 aliphatic carbocycles. The number of hydrogen-bond donors (Lipinski definition) is 1. The van der Waals surface area contributed by atoms with Gasteiger partial charge in [0.25, 0.3) is 5.91 Å². The second-order valence-corrected chi connectivity index (χ2v) is 8.91. The summed E-state index contributed by atoms with van der Waals surface area (Å²) in [7, 11) is 0. The molecule has 0 radical (unpaired) electrons. The summed E-state index contributed by atoms with van der Waals surface area (Å²) in [5.41, 5.74) is 2.57. The van der Waals surface area contributed by atoms with Crippen LogP contribution >= 0.6 is 0 Å². The van der Waals surface area contributed by atoms with Crippen molar-refractivity contribution >= 4 is 11.6 Å². The number of carbonyl (C=O) groups is 1. The van der Waals surface area contributed by atoms with Gasteiger partial charge in [-0.3, -0.25) is 9.69 Å². The Bertz CT molecular complexity index is 1260. The first kappa shape index (κ1) is 22.5. The molecule has 1 N–H and O–H groups in total. The summed E-state index contributed by atoms with van der Waals surface area (Å²) in [4.78, 5) is 17.6. The topological polar surface area (TPSA) is 72.5 Å². The fourth-order valence-electron chi connectivity index (χ4n) is 4.85. The Kier molecular flexibility index (Phi) is 5.98. The fourth-order valence-corrected chi connectivity index (χ4v) is 4.85. The van der Waals surface area contributed by atoms with Gasteiger partial charge in [-0.25, -0.2) is 4.39 Å². The van der Waals surface area contributed by atoms with Crippen LogP contribution in [0.5, 0.6) is 23.0 Å². The van der Waals surface area contributed by atoms with Gasteiger partial charge in [-0.15, -0.1) is 0 Å². The van der Waals surface area contributed by atoms with E-state index in [9.17, 15) is 9.18 Å². The first-order valence-electron chi connectivity index (χ1n) is 12.0. The van der Waals surface area contributed by atoms with Crippen LogP contribution in [0, 0.1) is 5.82 Å². The normalized spacial score (nSPS) is 17.2. The number of carbonyl (C=O) groups excluding carboxylic acids is 1. The molecule has 0 saturated carbocycles. The molecular formula is C27H26FN3O5. The third kappa shape index (κ3) is 4.49. The van der Waals surface area contributed by atoms with Gasteiger partial charge in [-0.05, 0) is 60.2 Å². The summed E-state index contributed by atoms with van der Waals surface area (Å²) >= 11 is 0. The molecule has 3 aliphatic heterocycles. The molecule has 6 rings (SSSR count). The highest BCUT2D eigenvalue weighted by Gasteiger charge is 2.28. The van der Waals surface area contributed by atoms with Crippen molar-refractivity contribution in [3.63, 3.8) is 0 Å². The van der Waals surface area contributed by atoms with E-state index in [2.05, 4.69) is 15.1 Å². The maximum absolute atomic E-state index is 13.3. The Hall–Kier alpha value is -3.98. The highest BCUT2D eigenvalue weighted by atomic mass is 19.1. The molecule has 1 fully saturated rings. The van der Waals surface area contributed by atoms with Crippen LogP contribution in [0.15, 0.2) is 60.7 Å². The Labute approximate surface area is 208 Å². The molecule has 0 spiro atoms. The maximum Gasteiger partial charge on any atom is 0.251 e. The molecule has 8 nitrogen and oxygen atoms in total. The standard InChI is InChI=1S/C27H26FN3O5/c28-20-3-5-21(6-4-20)30-9-11-31(12-10-30)22(18-1-7-23-25(13-18)35-16-33-23)15-29-27(32)19-2-8-24-26(14-19)36-17-34-24/h1-8,13-14,22H,9-12,15-17H2,(H,29,32). The van der Waals surface area contributed by atoms with Gasteiger partial charge in [0.05, 0.1) is 6.04 Å². The van der Waals surface area contributed by atoms with E-state index in [1.54, 1.807) is 18.2 Å². The molecule has 1 amide bonds. The lowest BCUT2D eigenvalue weighted by Crippen LogP contribution is -2.50. The predicted molar refractivity (Wildman–Crippen MR) is 130 cm³/mol. The van der Waals surface area contributed by atoms with Crippen LogP contribution in [0.25, 0.3) is 0 Å². The molecular weight excluding hydrogens is 465 g/mol. The lowest BCUT2D eigenvalue weighted by molar-refractivity contribution is 0.0929. The Morgan fingerprint density at radius 1 is 0.806 bits per heavy atom. The molecule has 1 unspecified atom stereocenters. The molecule has 36 heavy (non-hydrogen) atoms. The summed E-state index contributed by atoms with van der Waals surface area (Å²) in [6.45, 7) is 3.96. The van der Waals surface area contributed by atoms with Crippen LogP contribution in [-0.2, 0) is 0 Å². The largest absolute Gasteiger partial charge is 0.454 e. The van der Waals surface area contributed by atoms with Crippen LogP contribution < -0.4 is 29.2 Å². The second kappa shape index (κ2) is 9.58. The molecule has 0 aromatic heterocycles. The molecule has 3 aromatic carbocycles. The van der Waals surface area contributed by atoms with Gasteiger partial charge >= 0.3 is 0 Å². The van der Waals surface area contributed by atoms with Crippen molar-refractivity contribution in [3.05, 3.63) is 77.6 Å². The molecule has 0 bridgehead atoms. The second-order valence-electron chi connectivity index (χ2n) is 8.91. The van der Waals surface area contributed by atoms with Gasteiger partial charge in [-0.2, -0.15) is 0 Å². The predicted octanol–water partition coefficient (Wildman–Crippen LogP) is 3.58. The van der Waals surface area contributed by atoms with E-state index in [4.69, 9.17) is 18.9 Å². The number of nitrogens with one attached hydrogen (secondary N) is 1. The number of nitrogens with zero attached hydrogens (tertiary/aromatic N) is 2. The zero-order valence-electron chi connectivity index (χ0n) is 19.6. The minimum absolute atomic E-state index is 0.0622. The highest BCUT2D eigenvalue weighted by Crippen LogP contribution is 2.36. The summed E-state index contributed by atoms with van der Waals surface area (Å²) in [6.07, 6.45) is 0. The first-order valence-corrected chi connectivity index (χ1v) is 12.0. The fraction of sp³-hybridized carbons (Fsp3) is 0.296. The number of fused-ring (bicyclic) bond motifs is 2. The van der Waals surface area contributed by atoms with Crippen LogP contribution in [0.2, 0.25) is 0 Å². The van der Waals surface area contributed by atoms with Gasteiger partial charge in [0, 0.05) is 44.0 Å². The van der Waals surface area contributed by atoms with Crippen LogP contribution in [0.4, 0.5) is 10.1 Å². The lowest BCUT2D eigenvalue weighted by atomic mass is 10.0. The van der Waals surface area contributed by atoms with E-state index < -0.39 is 0 Å². The minimum atomic E-state index is -0.238. The molecule has 1 saturated heterocycles. The van der Waals surface area contributed by atoms with Crippen molar-refractivity contribution in [1.29, 1.82) is 0 Å². The number of rotatable bonds is 6. The van der Waals surface area contributed by atoms with Crippen molar-refractivity contribution in [2.75, 3.05) is 51.2 Å². The summed E-state index contributed by atoms with van der Waals surface area (Å²) in [5.74, 6) is 2.24. The minimum Gasteiger partial charge on any atom is -0.454 e. The highest BCUT2D eigenvalue weighted by molar-refractivity contribution is 5.95. The third-order valence-corrected chi connectivity index (χ3v) is 6.82. The molecule has 3 heterocycles. The van der Waals surface area contributed by atoms with Crippen LogP contribution in [-0.4, -0.2) is 57.1 Å². The first-order chi connectivity index (χ1) is 17.6. The van der Waals surface area contributed by atoms with Gasteiger partial charge in [-0.1, -0.05) is 6.07 Å². The maximum atomic E-state index is 13.3. The quantitative estimate of drug-likeness (QED) is 0.565. The van der Waals surface area contributed by atoms with Crippen molar-refractivity contribution < 1.29 is 28.1 Å². The smallest absolute Gasteiger partial charge is 0.251 e. The molecule has 3 aromatic rings. The third-order valence-electron chi connectivity index (χ3n) is 6.82. The molecule has 3 aliphatic rings. The summed E-state index contributed by atoms with van der Waals surface area (Å²) < 4.78 is 35.2. The summed E-state index contributed by atoms with van der Waals surface area (Å²) in [5, 5.41) is 3.10. The average molecular weight is 492 g/mol. The van der Waals surface area contributed by atoms with Crippen LogP contribution in [0.1, 0.15) is 22.0 Å². The van der Waals surface area contributed by atoms with Gasteiger partial charge < -0.3 is 29.2 Å². The zero-order chi connectivity index (χ0) is 24.5. The zero-order valence-corrected chi connectivity index (χ0v) is 19.6. The van der Waals surface area contributed by atoms with Crippen molar-refractivity contribution in [2.24, 2.45) is 0 Å². The van der Waals surface area contributed by atoms with E-state index in [0.717, 1.165) is 43.2 Å². The Morgan fingerprint density at radius 2 is 1.44 bits per heavy atom. The van der Waals surface area contributed by atoms with Crippen molar-refractivity contribution in [3.8, 4) is 23.0 Å². The van der Waals surface area contributed by atoms with Gasteiger partial charge in [0.2, 0.25) is 13.6 Å². The molecule has 1 atom stereocenters. The number of amides is 1. The Balaban J connectivity index is 1.18. The number of hydrogen-bond acceptors (Lipinski definition) is 7. The summed E-state index contributed by atoms with van der Waals surface area (Å²) in [6, 6.07) is 17.7. The van der Waals surface area contributed by atoms with E-state index in [1.165, 1.54) is 12.1 Å². The number of anilines is 1. The SMILES string of the molecule is O=C(NCC(c1ccc2c(c1)OCO2)N1CCN(c2ccc(F)cc2)CC1)c1ccc2c(c1)OCO2. The van der Waals surface area contributed by atoms with Crippen molar-refractivity contribution in [2.45, 2.75) is 6.04 Å². The van der Waals surface area contributed by atoms with E-state index >= 15 is 0 Å². The van der Waals surface area contributed by atoms with E-state index in [0.29, 0.717) is 29.4 Å². The average Bonchev–Trinajstić information content (AvgIpc) is 3.58. The lowest BCUT2D eigenvalue weighted by Gasteiger charge is -2.40. The van der Waals surface area contributed by atoms with E-state index in [1.807, 2.05) is 30.3 Å².